The van der Waals surface area contributed by atoms with E-state index in [1.165, 1.54) is 16.3 Å². The maximum absolute atomic E-state index is 5.75. The SMILES string of the molecule is Cn1ncc(Br)c1C(Cc1ccc2ccccc2c1)NN. The van der Waals surface area contributed by atoms with E-state index in [9.17, 15) is 0 Å². The fourth-order valence-electron chi connectivity index (χ4n) is 2.65. The molecule has 3 rings (SSSR count). The van der Waals surface area contributed by atoms with Gasteiger partial charge >= 0.3 is 0 Å². The first-order valence-corrected chi connectivity index (χ1v) is 7.59. The van der Waals surface area contributed by atoms with Gasteiger partial charge < -0.3 is 0 Å². The van der Waals surface area contributed by atoms with Crippen molar-refractivity contribution in [3.05, 3.63) is 64.4 Å². The predicted molar refractivity (Wildman–Crippen MR) is 88.6 cm³/mol. The number of hydrogen-bond donors (Lipinski definition) is 2. The zero-order valence-electron chi connectivity index (χ0n) is 11.8. The zero-order valence-corrected chi connectivity index (χ0v) is 13.3. The number of hydrogen-bond acceptors (Lipinski definition) is 3. The normalized spacial score (nSPS) is 12.7. The van der Waals surface area contributed by atoms with Gasteiger partial charge in [0.05, 0.1) is 22.4 Å². The smallest absolute Gasteiger partial charge is 0.0709 e. The Hall–Kier alpha value is -1.69. The lowest BCUT2D eigenvalue weighted by atomic mass is 10.0. The number of hydrazine groups is 1. The van der Waals surface area contributed by atoms with Gasteiger partial charge in [-0.3, -0.25) is 16.0 Å². The number of halogens is 1. The Morgan fingerprint density at radius 3 is 2.67 bits per heavy atom. The largest absolute Gasteiger partial charge is 0.271 e. The van der Waals surface area contributed by atoms with Gasteiger partial charge in [-0.25, -0.2) is 0 Å². The minimum Gasteiger partial charge on any atom is -0.271 e. The summed E-state index contributed by atoms with van der Waals surface area (Å²) in [6.07, 6.45) is 2.60. The van der Waals surface area contributed by atoms with Crippen LogP contribution in [0.5, 0.6) is 0 Å². The Morgan fingerprint density at radius 2 is 2.00 bits per heavy atom. The highest BCUT2D eigenvalue weighted by Crippen LogP contribution is 2.26. The molecule has 0 amide bonds. The van der Waals surface area contributed by atoms with Crippen LogP contribution in [0.15, 0.2) is 53.1 Å². The highest BCUT2D eigenvalue weighted by Gasteiger charge is 2.18. The van der Waals surface area contributed by atoms with Crippen LogP contribution in [-0.4, -0.2) is 9.78 Å². The summed E-state index contributed by atoms with van der Waals surface area (Å²) in [5, 5.41) is 6.75. The van der Waals surface area contributed by atoms with E-state index in [0.717, 1.165) is 16.6 Å². The first kappa shape index (κ1) is 14.3. The second kappa shape index (κ2) is 5.97. The van der Waals surface area contributed by atoms with E-state index in [2.05, 4.69) is 68.9 Å². The fourth-order valence-corrected chi connectivity index (χ4v) is 3.27. The fraction of sp³-hybridized carbons (Fsp3) is 0.188. The summed E-state index contributed by atoms with van der Waals surface area (Å²) in [6.45, 7) is 0. The summed E-state index contributed by atoms with van der Waals surface area (Å²) >= 11 is 3.53. The van der Waals surface area contributed by atoms with E-state index < -0.39 is 0 Å². The summed E-state index contributed by atoms with van der Waals surface area (Å²) in [5.74, 6) is 5.75. The van der Waals surface area contributed by atoms with Crippen molar-refractivity contribution in [3.8, 4) is 0 Å². The molecule has 0 aliphatic heterocycles. The molecule has 0 radical (unpaired) electrons. The van der Waals surface area contributed by atoms with Gasteiger partial charge in [-0.15, -0.1) is 0 Å². The second-order valence-corrected chi connectivity index (χ2v) is 5.96. The Balaban J connectivity index is 1.92. The van der Waals surface area contributed by atoms with Crippen molar-refractivity contribution < 1.29 is 0 Å². The van der Waals surface area contributed by atoms with Gasteiger partial charge in [0.15, 0.2) is 0 Å². The molecule has 0 spiro atoms. The van der Waals surface area contributed by atoms with Gasteiger partial charge in [-0.2, -0.15) is 5.10 Å². The minimum absolute atomic E-state index is 0.00744. The van der Waals surface area contributed by atoms with E-state index in [1.807, 2.05) is 11.7 Å². The Bertz CT molecular complexity index is 746. The molecule has 0 aliphatic rings. The number of nitrogens with one attached hydrogen (secondary N) is 1. The molecule has 2 aromatic carbocycles. The first-order chi connectivity index (χ1) is 10.2. The van der Waals surface area contributed by atoms with E-state index >= 15 is 0 Å². The van der Waals surface area contributed by atoms with Crippen LogP contribution in [-0.2, 0) is 13.5 Å². The Kier molecular flexibility index (Phi) is 4.05. The maximum atomic E-state index is 5.75. The highest BCUT2D eigenvalue weighted by molar-refractivity contribution is 9.10. The van der Waals surface area contributed by atoms with E-state index in [-0.39, 0.29) is 6.04 Å². The van der Waals surface area contributed by atoms with Crippen LogP contribution in [0.4, 0.5) is 0 Å². The average Bonchev–Trinajstić information content (AvgIpc) is 2.84. The number of nitrogens with two attached hydrogens (primary N) is 1. The Labute approximate surface area is 132 Å². The molecule has 1 atom stereocenters. The molecule has 0 saturated carbocycles. The molecular weight excluding hydrogens is 328 g/mol. The first-order valence-electron chi connectivity index (χ1n) is 6.80. The lowest BCUT2D eigenvalue weighted by molar-refractivity contribution is 0.507. The van der Waals surface area contributed by atoms with Crippen molar-refractivity contribution in [1.82, 2.24) is 15.2 Å². The monoisotopic (exact) mass is 344 g/mol. The van der Waals surface area contributed by atoms with Crippen molar-refractivity contribution in [2.24, 2.45) is 12.9 Å². The number of benzene rings is 2. The van der Waals surface area contributed by atoms with Gasteiger partial charge in [0.2, 0.25) is 0 Å². The lowest BCUT2D eigenvalue weighted by Gasteiger charge is -2.17. The number of aromatic nitrogens is 2. The van der Waals surface area contributed by atoms with E-state index in [0.29, 0.717) is 0 Å². The maximum Gasteiger partial charge on any atom is 0.0709 e. The van der Waals surface area contributed by atoms with Gasteiger partial charge in [0, 0.05) is 7.05 Å². The number of aryl methyl sites for hydroxylation is 1. The molecule has 1 heterocycles. The molecule has 21 heavy (non-hydrogen) atoms. The third kappa shape index (κ3) is 2.85. The van der Waals surface area contributed by atoms with Crippen LogP contribution in [0.3, 0.4) is 0 Å². The van der Waals surface area contributed by atoms with Crippen LogP contribution in [0, 0.1) is 0 Å². The summed E-state index contributed by atoms with van der Waals surface area (Å²) in [4.78, 5) is 0. The van der Waals surface area contributed by atoms with Crippen molar-refractivity contribution in [1.29, 1.82) is 0 Å². The van der Waals surface area contributed by atoms with Gasteiger partial charge in [-0.05, 0) is 38.7 Å². The molecule has 1 unspecified atom stereocenters. The number of nitrogens with zero attached hydrogens (tertiary/aromatic N) is 2. The van der Waals surface area contributed by atoms with Gasteiger partial charge in [-0.1, -0.05) is 42.5 Å². The number of fused-ring (bicyclic) bond motifs is 1. The second-order valence-electron chi connectivity index (χ2n) is 5.11. The summed E-state index contributed by atoms with van der Waals surface area (Å²) in [6, 6.07) is 14.9. The lowest BCUT2D eigenvalue weighted by Crippen LogP contribution is -2.31. The summed E-state index contributed by atoms with van der Waals surface area (Å²) in [5.41, 5.74) is 5.18. The molecular formula is C16H17BrN4. The molecule has 4 nitrogen and oxygen atoms in total. The third-order valence-corrected chi connectivity index (χ3v) is 4.33. The van der Waals surface area contributed by atoms with Crippen LogP contribution < -0.4 is 11.3 Å². The minimum atomic E-state index is 0.00744. The molecule has 0 saturated heterocycles. The van der Waals surface area contributed by atoms with Crippen molar-refractivity contribution in [2.75, 3.05) is 0 Å². The highest BCUT2D eigenvalue weighted by atomic mass is 79.9. The van der Waals surface area contributed by atoms with Crippen LogP contribution in [0.1, 0.15) is 17.3 Å². The van der Waals surface area contributed by atoms with Crippen LogP contribution >= 0.6 is 15.9 Å². The van der Waals surface area contributed by atoms with Crippen LogP contribution in [0.25, 0.3) is 10.8 Å². The molecule has 5 heteroatoms. The van der Waals surface area contributed by atoms with Gasteiger partial charge in [0.25, 0.3) is 0 Å². The van der Waals surface area contributed by atoms with Crippen molar-refractivity contribution in [2.45, 2.75) is 12.5 Å². The topological polar surface area (TPSA) is 55.9 Å². The number of rotatable bonds is 4. The third-order valence-electron chi connectivity index (χ3n) is 3.72. The molecule has 1 aromatic heterocycles. The van der Waals surface area contributed by atoms with Crippen LogP contribution in [0.2, 0.25) is 0 Å². The molecule has 0 aliphatic carbocycles. The standard InChI is InChI=1S/C16H17BrN4/c1-21-16(14(17)10-19-21)15(20-18)9-11-6-7-12-4-2-3-5-13(12)8-11/h2-8,10,15,20H,9,18H2,1H3. The Morgan fingerprint density at radius 1 is 1.24 bits per heavy atom. The molecule has 0 fully saturated rings. The molecule has 0 bridgehead atoms. The zero-order chi connectivity index (χ0) is 14.8. The summed E-state index contributed by atoms with van der Waals surface area (Å²) < 4.78 is 2.81. The predicted octanol–water partition coefficient (Wildman–Crippen LogP) is 3.08. The van der Waals surface area contributed by atoms with Gasteiger partial charge in [0.1, 0.15) is 0 Å². The molecule has 108 valence electrons. The quantitative estimate of drug-likeness (QED) is 0.564. The van der Waals surface area contributed by atoms with E-state index in [4.69, 9.17) is 5.84 Å². The van der Waals surface area contributed by atoms with Crippen molar-refractivity contribution in [3.63, 3.8) is 0 Å². The average molecular weight is 345 g/mol. The van der Waals surface area contributed by atoms with Crippen molar-refractivity contribution >= 4 is 26.7 Å². The molecule has 3 N–H and O–H groups in total. The summed E-state index contributed by atoms with van der Waals surface area (Å²) in [7, 11) is 1.92. The van der Waals surface area contributed by atoms with E-state index in [1.54, 1.807) is 6.20 Å². The molecule has 3 aromatic rings.